The zero-order chi connectivity index (χ0) is 17.9. The highest BCUT2D eigenvalue weighted by Gasteiger charge is 2.23. The Hall–Kier alpha value is -2.63. The third-order valence-electron chi connectivity index (χ3n) is 3.84. The summed E-state index contributed by atoms with van der Waals surface area (Å²) in [5.74, 6) is 2.56. The number of amides is 1. The topological polar surface area (TPSA) is 69.9 Å². The highest BCUT2D eigenvalue weighted by atomic mass is 16.5. The van der Waals surface area contributed by atoms with Crippen LogP contribution < -0.4 is 19.5 Å². The van der Waals surface area contributed by atoms with Crippen molar-refractivity contribution in [3.63, 3.8) is 0 Å². The van der Waals surface area contributed by atoms with Gasteiger partial charge in [-0.1, -0.05) is 0 Å². The average molecular weight is 333 g/mol. The maximum atomic E-state index is 12.7. The van der Waals surface area contributed by atoms with Gasteiger partial charge in [0.1, 0.15) is 11.5 Å². The zero-order valence-corrected chi connectivity index (χ0v) is 14.9. The summed E-state index contributed by atoms with van der Waals surface area (Å²) in [6.45, 7) is 5.66. The molecule has 1 heterocycles. The molecule has 0 saturated heterocycles. The lowest BCUT2D eigenvalue weighted by Crippen LogP contribution is -2.27. The number of ether oxygens (including phenoxy) is 3. The third-order valence-corrected chi connectivity index (χ3v) is 3.84. The molecule has 1 aromatic heterocycles. The molecule has 1 unspecified atom stereocenters. The Morgan fingerprint density at radius 2 is 1.75 bits per heavy atom. The lowest BCUT2D eigenvalue weighted by molar-refractivity contribution is 0.0936. The van der Waals surface area contributed by atoms with E-state index in [0.717, 1.165) is 17.1 Å². The number of carbonyl (C=O) groups is 1. The Bertz CT molecular complexity index is 735. The highest BCUT2D eigenvalue weighted by Crippen LogP contribution is 2.39. The largest absolute Gasteiger partial charge is 0.493 e. The van der Waals surface area contributed by atoms with Gasteiger partial charge in [-0.3, -0.25) is 4.79 Å². The van der Waals surface area contributed by atoms with Crippen molar-refractivity contribution in [2.75, 3.05) is 21.3 Å². The number of aryl methyl sites for hydroxylation is 2. The normalized spacial score (nSPS) is 11.8. The molecule has 6 nitrogen and oxygen atoms in total. The van der Waals surface area contributed by atoms with E-state index >= 15 is 0 Å². The first kappa shape index (κ1) is 17.7. The molecule has 2 rings (SSSR count). The van der Waals surface area contributed by atoms with Crippen molar-refractivity contribution < 1.29 is 23.4 Å². The number of rotatable bonds is 6. The molecule has 0 saturated carbocycles. The van der Waals surface area contributed by atoms with E-state index in [1.165, 1.54) is 21.3 Å². The average Bonchev–Trinajstić information content (AvgIpc) is 2.91. The number of nitrogens with one attached hydrogen (secondary N) is 1. The summed E-state index contributed by atoms with van der Waals surface area (Å²) < 4.78 is 21.4. The van der Waals surface area contributed by atoms with E-state index in [2.05, 4.69) is 5.32 Å². The van der Waals surface area contributed by atoms with Crippen LogP contribution in [0.4, 0.5) is 0 Å². The second-order valence-corrected chi connectivity index (χ2v) is 5.45. The molecule has 24 heavy (non-hydrogen) atoms. The van der Waals surface area contributed by atoms with E-state index in [4.69, 9.17) is 18.6 Å². The molecule has 0 aliphatic rings. The van der Waals surface area contributed by atoms with Gasteiger partial charge in [0.25, 0.3) is 5.91 Å². The van der Waals surface area contributed by atoms with Gasteiger partial charge in [0.05, 0.1) is 32.9 Å². The lowest BCUT2D eigenvalue weighted by atomic mass is 10.1. The molecule has 1 atom stereocenters. The minimum Gasteiger partial charge on any atom is -0.493 e. The lowest BCUT2D eigenvalue weighted by Gasteiger charge is -2.17. The molecular formula is C18H23NO5. The van der Waals surface area contributed by atoms with Crippen LogP contribution in [-0.2, 0) is 0 Å². The van der Waals surface area contributed by atoms with Crippen LogP contribution in [0.15, 0.2) is 22.6 Å². The van der Waals surface area contributed by atoms with Gasteiger partial charge in [-0.2, -0.15) is 0 Å². The first-order valence-electron chi connectivity index (χ1n) is 7.59. The van der Waals surface area contributed by atoms with E-state index in [-0.39, 0.29) is 11.9 Å². The van der Waals surface area contributed by atoms with Gasteiger partial charge >= 0.3 is 0 Å². The Kier molecular flexibility index (Phi) is 5.39. The summed E-state index contributed by atoms with van der Waals surface area (Å²) in [4.78, 5) is 12.7. The Labute approximate surface area is 141 Å². The summed E-state index contributed by atoms with van der Waals surface area (Å²) in [6.07, 6.45) is 0. The predicted molar refractivity (Wildman–Crippen MR) is 90.2 cm³/mol. The number of hydrogen-bond donors (Lipinski definition) is 1. The smallest absolute Gasteiger partial charge is 0.255 e. The van der Waals surface area contributed by atoms with E-state index in [1.54, 1.807) is 12.1 Å². The van der Waals surface area contributed by atoms with Crippen LogP contribution in [0.1, 0.15) is 40.4 Å². The Balaban J connectivity index is 2.31. The Morgan fingerprint density at radius 1 is 1.08 bits per heavy atom. The van der Waals surface area contributed by atoms with Crippen LogP contribution in [0.2, 0.25) is 0 Å². The van der Waals surface area contributed by atoms with Crippen LogP contribution >= 0.6 is 0 Å². The van der Waals surface area contributed by atoms with Crippen molar-refractivity contribution in [2.45, 2.75) is 26.8 Å². The minimum absolute atomic E-state index is 0.201. The molecule has 1 aromatic carbocycles. The quantitative estimate of drug-likeness (QED) is 0.877. The van der Waals surface area contributed by atoms with Crippen molar-refractivity contribution in [2.24, 2.45) is 0 Å². The zero-order valence-electron chi connectivity index (χ0n) is 14.9. The number of hydrogen-bond acceptors (Lipinski definition) is 5. The van der Waals surface area contributed by atoms with Gasteiger partial charge in [0.2, 0.25) is 5.75 Å². The van der Waals surface area contributed by atoms with Crippen LogP contribution in [0, 0.1) is 13.8 Å². The second-order valence-electron chi connectivity index (χ2n) is 5.45. The maximum Gasteiger partial charge on any atom is 0.255 e. The summed E-state index contributed by atoms with van der Waals surface area (Å²) in [5, 5.41) is 2.95. The summed E-state index contributed by atoms with van der Waals surface area (Å²) in [5.41, 5.74) is 1.32. The van der Waals surface area contributed by atoms with Gasteiger partial charge in [0.15, 0.2) is 11.5 Å². The molecule has 0 bridgehead atoms. The monoisotopic (exact) mass is 333 g/mol. The molecular weight excluding hydrogens is 310 g/mol. The molecule has 0 fully saturated rings. The van der Waals surface area contributed by atoms with Crippen molar-refractivity contribution in [3.8, 4) is 17.2 Å². The molecule has 1 N–H and O–H groups in total. The fourth-order valence-electron chi connectivity index (χ4n) is 2.71. The Morgan fingerprint density at radius 3 is 2.25 bits per heavy atom. The number of carbonyl (C=O) groups excluding carboxylic acids is 1. The second kappa shape index (κ2) is 7.29. The van der Waals surface area contributed by atoms with Crippen molar-refractivity contribution >= 4 is 5.91 Å². The first-order chi connectivity index (χ1) is 11.4. The molecule has 130 valence electrons. The van der Waals surface area contributed by atoms with E-state index in [9.17, 15) is 4.79 Å². The van der Waals surface area contributed by atoms with Gasteiger partial charge in [-0.25, -0.2) is 0 Å². The SMILES string of the molecule is COc1ccc(C(=O)NC(C)c2cc(C)oc2C)c(OC)c1OC. The van der Waals surface area contributed by atoms with E-state index in [1.807, 2.05) is 26.8 Å². The van der Waals surface area contributed by atoms with Crippen LogP contribution in [0.3, 0.4) is 0 Å². The molecule has 2 aromatic rings. The summed E-state index contributed by atoms with van der Waals surface area (Å²) >= 11 is 0. The van der Waals surface area contributed by atoms with E-state index in [0.29, 0.717) is 22.8 Å². The first-order valence-corrected chi connectivity index (χ1v) is 7.59. The van der Waals surface area contributed by atoms with Gasteiger partial charge in [0, 0.05) is 5.56 Å². The standard InChI is InChI=1S/C18H23NO5/c1-10-9-14(12(3)24-10)11(2)19-18(20)13-7-8-15(21-4)17(23-6)16(13)22-5/h7-9,11H,1-6H3,(H,19,20). The van der Waals surface area contributed by atoms with Crippen molar-refractivity contribution in [3.05, 3.63) is 40.8 Å². The van der Waals surface area contributed by atoms with Crippen molar-refractivity contribution in [1.29, 1.82) is 0 Å². The molecule has 0 aliphatic heterocycles. The minimum atomic E-state index is -0.265. The van der Waals surface area contributed by atoms with Crippen LogP contribution in [0.5, 0.6) is 17.2 Å². The predicted octanol–water partition coefficient (Wildman–Crippen LogP) is 3.41. The fourth-order valence-corrected chi connectivity index (χ4v) is 2.71. The number of methoxy groups -OCH3 is 3. The molecule has 0 radical (unpaired) electrons. The van der Waals surface area contributed by atoms with Gasteiger partial charge in [-0.05, 0) is 39.0 Å². The summed E-state index contributed by atoms with van der Waals surface area (Å²) in [6, 6.07) is 5.04. The van der Waals surface area contributed by atoms with Crippen molar-refractivity contribution in [1.82, 2.24) is 5.32 Å². The number of benzene rings is 1. The van der Waals surface area contributed by atoms with Gasteiger partial charge in [-0.15, -0.1) is 0 Å². The van der Waals surface area contributed by atoms with Crippen LogP contribution in [-0.4, -0.2) is 27.2 Å². The van der Waals surface area contributed by atoms with Crippen LogP contribution in [0.25, 0.3) is 0 Å². The number of furan rings is 1. The summed E-state index contributed by atoms with van der Waals surface area (Å²) in [7, 11) is 4.52. The van der Waals surface area contributed by atoms with Gasteiger partial charge < -0.3 is 23.9 Å². The molecule has 1 amide bonds. The highest BCUT2D eigenvalue weighted by molar-refractivity contribution is 5.98. The fraction of sp³-hybridized carbons (Fsp3) is 0.389. The van der Waals surface area contributed by atoms with E-state index < -0.39 is 0 Å². The molecule has 0 spiro atoms. The third kappa shape index (κ3) is 3.32. The molecule has 6 heteroatoms. The molecule has 0 aliphatic carbocycles. The maximum absolute atomic E-state index is 12.7.